The number of carbonyl (C=O) groups excluding carboxylic acids is 3. The van der Waals surface area contributed by atoms with Crippen LogP contribution in [0, 0.1) is 10.1 Å². The van der Waals surface area contributed by atoms with Crippen molar-refractivity contribution < 1.29 is 23.7 Å². The molecule has 2 aromatic carbocycles. The molecule has 1 aliphatic rings. The lowest BCUT2D eigenvalue weighted by molar-refractivity contribution is -0.384. The molecule has 0 aliphatic carbocycles. The van der Waals surface area contributed by atoms with Gasteiger partial charge in [-0.1, -0.05) is 38.1 Å². The summed E-state index contributed by atoms with van der Waals surface area (Å²) in [6.07, 6.45) is 1.38. The van der Waals surface area contributed by atoms with Crippen molar-refractivity contribution in [3.63, 3.8) is 0 Å². The van der Waals surface area contributed by atoms with Gasteiger partial charge < -0.3 is 9.73 Å². The molecule has 2 heterocycles. The number of benzene rings is 2. The number of nitro benzene ring substituents is 1. The van der Waals surface area contributed by atoms with E-state index in [4.69, 9.17) is 4.42 Å². The van der Waals surface area contributed by atoms with E-state index in [0.29, 0.717) is 28.9 Å². The fraction of sp³-hybridized carbons (Fsp3) is 0.160. The smallest absolute Gasteiger partial charge is 0.294 e. The summed E-state index contributed by atoms with van der Waals surface area (Å²) in [5.74, 6) is -0.254. The second kappa shape index (κ2) is 9.98. The van der Waals surface area contributed by atoms with E-state index in [1.165, 1.54) is 12.1 Å². The molecule has 0 bridgehead atoms. The Morgan fingerprint density at radius 1 is 1.11 bits per heavy atom. The number of nitrogens with zero attached hydrogens (tertiary/aromatic N) is 2. The van der Waals surface area contributed by atoms with Crippen LogP contribution in [0.5, 0.6) is 0 Å². The number of furan rings is 1. The largest absolute Gasteiger partial charge is 0.456 e. The van der Waals surface area contributed by atoms with Gasteiger partial charge in [-0.2, -0.15) is 0 Å². The second-order valence-corrected chi connectivity index (χ2v) is 9.06. The van der Waals surface area contributed by atoms with Crippen LogP contribution in [0.1, 0.15) is 31.1 Å². The number of para-hydroxylation sites is 1. The van der Waals surface area contributed by atoms with Crippen LogP contribution < -0.4 is 5.32 Å². The third-order valence-electron chi connectivity index (χ3n) is 5.30. The summed E-state index contributed by atoms with van der Waals surface area (Å²) in [7, 11) is 0. The molecule has 3 aromatic rings. The molecule has 1 N–H and O–H groups in total. The van der Waals surface area contributed by atoms with Gasteiger partial charge in [-0.05, 0) is 53.6 Å². The lowest BCUT2D eigenvalue weighted by atomic mass is 10.0. The van der Waals surface area contributed by atoms with Gasteiger partial charge in [-0.15, -0.1) is 0 Å². The predicted octanol–water partition coefficient (Wildman–Crippen LogP) is 5.65. The number of amides is 3. The lowest BCUT2D eigenvalue weighted by Gasteiger charge is -2.13. The molecule has 9 nitrogen and oxygen atoms in total. The van der Waals surface area contributed by atoms with Crippen LogP contribution in [0.4, 0.5) is 16.2 Å². The van der Waals surface area contributed by atoms with Gasteiger partial charge in [0.2, 0.25) is 5.91 Å². The number of nitro groups is 1. The van der Waals surface area contributed by atoms with Gasteiger partial charge in [-0.3, -0.25) is 29.4 Å². The van der Waals surface area contributed by atoms with E-state index in [0.717, 1.165) is 10.5 Å². The highest BCUT2D eigenvalue weighted by Gasteiger charge is 2.36. The zero-order valence-electron chi connectivity index (χ0n) is 18.9. The molecule has 0 spiro atoms. The quantitative estimate of drug-likeness (QED) is 0.257. The van der Waals surface area contributed by atoms with E-state index < -0.39 is 28.5 Å². The molecule has 0 radical (unpaired) electrons. The van der Waals surface area contributed by atoms with Gasteiger partial charge in [0.05, 0.1) is 15.4 Å². The van der Waals surface area contributed by atoms with Gasteiger partial charge in [-0.25, -0.2) is 0 Å². The number of thioether (sulfide) groups is 1. The average molecular weight is 492 g/mol. The molecule has 0 unspecified atom stereocenters. The van der Waals surface area contributed by atoms with Crippen LogP contribution in [0.2, 0.25) is 0 Å². The van der Waals surface area contributed by atoms with Crippen molar-refractivity contribution in [3.05, 3.63) is 87.0 Å². The minimum absolute atomic E-state index is 0.0903. The van der Waals surface area contributed by atoms with Gasteiger partial charge in [0.1, 0.15) is 18.1 Å². The maximum absolute atomic E-state index is 12.8. The standard InChI is InChI=1S/C25H21N3O6S/c1-15(2)16-7-9-17(10-8-16)26-23(29)14-27-24(30)22(35-25(27)31)13-18-11-12-21(34-18)19-5-3-4-6-20(19)28(32)33/h3-13,15H,14H2,1-2H3,(H,26,29)/b22-13+. The fourth-order valence-corrected chi connectivity index (χ4v) is 4.30. The zero-order valence-corrected chi connectivity index (χ0v) is 19.7. The van der Waals surface area contributed by atoms with Crippen molar-refractivity contribution in [3.8, 4) is 11.3 Å². The van der Waals surface area contributed by atoms with E-state index in [-0.39, 0.29) is 22.1 Å². The van der Waals surface area contributed by atoms with E-state index in [9.17, 15) is 24.5 Å². The number of imide groups is 1. The number of hydrogen-bond acceptors (Lipinski definition) is 7. The van der Waals surface area contributed by atoms with Crippen LogP contribution in [-0.2, 0) is 9.59 Å². The Bertz CT molecular complexity index is 1340. The lowest BCUT2D eigenvalue weighted by Crippen LogP contribution is -2.36. The summed E-state index contributed by atoms with van der Waals surface area (Å²) in [5.41, 5.74) is 1.88. The van der Waals surface area contributed by atoms with E-state index in [1.54, 1.807) is 42.5 Å². The fourth-order valence-electron chi connectivity index (χ4n) is 3.48. The molecule has 1 saturated heterocycles. The summed E-state index contributed by atoms with van der Waals surface area (Å²) in [4.78, 5) is 49.3. The van der Waals surface area contributed by atoms with E-state index in [1.807, 2.05) is 12.1 Å². The highest BCUT2D eigenvalue weighted by molar-refractivity contribution is 8.18. The molecule has 1 fully saturated rings. The van der Waals surface area contributed by atoms with E-state index >= 15 is 0 Å². The Kier molecular flexibility index (Phi) is 6.83. The molecule has 10 heteroatoms. The number of nitrogens with one attached hydrogen (secondary N) is 1. The number of rotatable bonds is 7. The molecule has 0 saturated carbocycles. The van der Waals surface area contributed by atoms with Crippen molar-refractivity contribution in [2.24, 2.45) is 0 Å². The topological polar surface area (TPSA) is 123 Å². The highest BCUT2D eigenvalue weighted by atomic mass is 32.2. The van der Waals surface area contributed by atoms with E-state index in [2.05, 4.69) is 19.2 Å². The van der Waals surface area contributed by atoms with Crippen molar-refractivity contribution >= 4 is 46.3 Å². The maximum atomic E-state index is 12.8. The van der Waals surface area contributed by atoms with Crippen molar-refractivity contribution in [1.82, 2.24) is 4.90 Å². The summed E-state index contributed by atoms with van der Waals surface area (Å²) >= 11 is 0.693. The monoisotopic (exact) mass is 491 g/mol. The Labute approximate surface area is 204 Å². The first-order valence-electron chi connectivity index (χ1n) is 10.7. The molecule has 4 rings (SSSR count). The third kappa shape index (κ3) is 5.33. The Hall–Kier alpha value is -4.18. The van der Waals surface area contributed by atoms with Gasteiger partial charge in [0, 0.05) is 17.8 Å². The SMILES string of the molecule is CC(C)c1ccc(NC(=O)CN2C(=O)S/C(=C/c3ccc(-c4ccccc4[N+](=O)[O-])o3)C2=O)cc1. The summed E-state index contributed by atoms with van der Waals surface area (Å²) in [6.45, 7) is 3.71. The van der Waals surface area contributed by atoms with Gasteiger partial charge in [0.15, 0.2) is 0 Å². The van der Waals surface area contributed by atoms with Crippen LogP contribution in [0.25, 0.3) is 17.4 Å². The molecule has 35 heavy (non-hydrogen) atoms. The zero-order chi connectivity index (χ0) is 25.1. The Morgan fingerprint density at radius 2 is 1.83 bits per heavy atom. The molecule has 1 aliphatic heterocycles. The molecular formula is C25H21N3O6S. The summed E-state index contributed by atoms with van der Waals surface area (Å²) in [5, 5.41) is 13.4. The maximum Gasteiger partial charge on any atom is 0.294 e. The minimum Gasteiger partial charge on any atom is -0.456 e. The van der Waals surface area contributed by atoms with Gasteiger partial charge in [0.25, 0.3) is 16.8 Å². The molecule has 178 valence electrons. The normalized spacial score (nSPS) is 14.7. The minimum atomic E-state index is -0.617. The van der Waals surface area contributed by atoms with Crippen molar-refractivity contribution in [2.45, 2.75) is 19.8 Å². The molecule has 1 aromatic heterocycles. The summed E-state index contributed by atoms with van der Waals surface area (Å²) < 4.78 is 5.67. The third-order valence-corrected chi connectivity index (χ3v) is 6.21. The first-order valence-corrected chi connectivity index (χ1v) is 11.5. The first-order chi connectivity index (χ1) is 16.7. The highest BCUT2D eigenvalue weighted by Crippen LogP contribution is 2.35. The second-order valence-electron chi connectivity index (χ2n) is 8.07. The average Bonchev–Trinajstić information content (AvgIpc) is 3.39. The Morgan fingerprint density at radius 3 is 2.51 bits per heavy atom. The molecule has 3 amide bonds. The van der Waals surface area contributed by atoms with Crippen LogP contribution in [0.15, 0.2) is 70.0 Å². The summed E-state index contributed by atoms with van der Waals surface area (Å²) in [6, 6.07) is 16.6. The first kappa shape index (κ1) is 24.0. The predicted molar refractivity (Wildman–Crippen MR) is 133 cm³/mol. The van der Waals surface area contributed by atoms with Crippen molar-refractivity contribution in [2.75, 3.05) is 11.9 Å². The van der Waals surface area contributed by atoms with Gasteiger partial charge >= 0.3 is 0 Å². The van der Waals surface area contributed by atoms with Crippen molar-refractivity contribution in [1.29, 1.82) is 0 Å². The number of hydrogen-bond donors (Lipinski definition) is 1. The van der Waals surface area contributed by atoms with Crippen LogP contribution in [0.3, 0.4) is 0 Å². The van der Waals surface area contributed by atoms with Crippen LogP contribution >= 0.6 is 11.8 Å². The molecular weight excluding hydrogens is 470 g/mol. The Balaban J connectivity index is 1.45. The number of anilines is 1. The molecule has 0 atom stereocenters. The number of carbonyl (C=O) groups is 3. The van der Waals surface area contributed by atoms with Crippen LogP contribution in [-0.4, -0.2) is 33.4 Å².